The quantitative estimate of drug-likeness (QED) is 0.572. The van der Waals surface area contributed by atoms with Crippen molar-refractivity contribution in [2.24, 2.45) is 0 Å². The molecule has 0 radical (unpaired) electrons. The minimum atomic E-state index is 0.417. The second-order valence-corrected chi connectivity index (χ2v) is 6.01. The van der Waals surface area contributed by atoms with Gasteiger partial charge in [-0.05, 0) is 55.8 Å². The minimum absolute atomic E-state index is 0.417. The third kappa shape index (κ3) is 3.97. The Hall–Kier alpha value is -2.99. The normalized spacial score (nSPS) is 10.4. The predicted octanol–water partition coefficient (Wildman–Crippen LogP) is 4.91. The molecular weight excluding hydrogens is 350 g/mol. The van der Waals surface area contributed by atoms with Gasteiger partial charge in [0.15, 0.2) is 11.6 Å². The zero-order valence-corrected chi connectivity index (χ0v) is 15.3. The molecule has 0 aliphatic heterocycles. The van der Waals surface area contributed by atoms with Crippen LogP contribution in [0, 0.1) is 6.92 Å². The largest absolute Gasteiger partial charge is 0.494 e. The van der Waals surface area contributed by atoms with E-state index in [1.54, 1.807) is 0 Å². The summed E-state index contributed by atoms with van der Waals surface area (Å²) in [4.78, 5) is 8.46. The molecule has 1 aromatic heterocycles. The van der Waals surface area contributed by atoms with Crippen LogP contribution in [0.4, 0.5) is 28.7 Å². The fourth-order valence-corrected chi connectivity index (χ4v) is 2.58. The number of anilines is 5. The summed E-state index contributed by atoms with van der Waals surface area (Å²) in [5, 5.41) is 7.09. The van der Waals surface area contributed by atoms with Crippen LogP contribution in [-0.2, 0) is 0 Å². The van der Waals surface area contributed by atoms with Crippen molar-refractivity contribution in [3.05, 3.63) is 59.4 Å². The maximum atomic E-state index is 6.24. The first-order valence-corrected chi connectivity index (χ1v) is 8.58. The molecule has 0 atom stereocenters. The Morgan fingerprint density at radius 3 is 2.42 bits per heavy atom. The van der Waals surface area contributed by atoms with Crippen LogP contribution < -0.4 is 21.1 Å². The molecule has 0 aliphatic carbocycles. The molecule has 0 saturated heterocycles. The fourth-order valence-electron chi connectivity index (χ4n) is 2.40. The van der Waals surface area contributed by atoms with Gasteiger partial charge in [0, 0.05) is 16.4 Å². The Bertz CT molecular complexity index is 899. The Kier molecular flexibility index (Phi) is 5.43. The molecule has 3 aromatic rings. The van der Waals surface area contributed by atoms with Gasteiger partial charge in [0.25, 0.3) is 0 Å². The molecule has 0 aliphatic rings. The monoisotopic (exact) mass is 369 g/mol. The SMILES string of the molecule is CCOc1ccc(Nc2ncnc(Nc3cccc(Cl)c3C)c2N)cc1. The van der Waals surface area contributed by atoms with Gasteiger partial charge in [-0.1, -0.05) is 17.7 Å². The third-order valence-corrected chi connectivity index (χ3v) is 4.24. The first-order chi connectivity index (χ1) is 12.6. The molecule has 0 fully saturated rings. The average Bonchev–Trinajstić information content (AvgIpc) is 2.64. The second-order valence-electron chi connectivity index (χ2n) is 5.60. The van der Waals surface area contributed by atoms with Crippen LogP contribution >= 0.6 is 11.6 Å². The highest BCUT2D eigenvalue weighted by atomic mass is 35.5. The number of halogens is 1. The molecule has 2 aromatic carbocycles. The van der Waals surface area contributed by atoms with Gasteiger partial charge in [-0.2, -0.15) is 0 Å². The highest BCUT2D eigenvalue weighted by molar-refractivity contribution is 6.31. The Balaban J connectivity index is 1.81. The lowest BCUT2D eigenvalue weighted by Gasteiger charge is -2.14. The number of benzene rings is 2. The third-order valence-electron chi connectivity index (χ3n) is 3.83. The van der Waals surface area contributed by atoms with Crippen LogP contribution in [0.1, 0.15) is 12.5 Å². The molecule has 1 heterocycles. The number of ether oxygens (including phenoxy) is 1. The van der Waals surface area contributed by atoms with Crippen molar-refractivity contribution in [2.45, 2.75) is 13.8 Å². The highest BCUT2D eigenvalue weighted by Gasteiger charge is 2.10. The van der Waals surface area contributed by atoms with Crippen molar-refractivity contribution in [2.75, 3.05) is 23.0 Å². The number of hydrogen-bond acceptors (Lipinski definition) is 6. The Morgan fingerprint density at radius 2 is 1.73 bits per heavy atom. The average molecular weight is 370 g/mol. The van der Waals surface area contributed by atoms with Crippen molar-refractivity contribution in [1.29, 1.82) is 0 Å². The van der Waals surface area contributed by atoms with Gasteiger partial charge in [0.1, 0.15) is 17.8 Å². The van der Waals surface area contributed by atoms with Crippen LogP contribution in [0.3, 0.4) is 0 Å². The van der Waals surface area contributed by atoms with Crippen LogP contribution in [0.15, 0.2) is 48.8 Å². The molecule has 134 valence electrons. The van der Waals surface area contributed by atoms with Crippen LogP contribution in [0.25, 0.3) is 0 Å². The minimum Gasteiger partial charge on any atom is -0.494 e. The first kappa shape index (κ1) is 17.8. The van der Waals surface area contributed by atoms with E-state index in [1.165, 1.54) is 6.33 Å². The van der Waals surface area contributed by atoms with Crippen molar-refractivity contribution in [3.8, 4) is 5.75 Å². The fraction of sp³-hybridized carbons (Fsp3) is 0.158. The maximum absolute atomic E-state index is 6.24. The zero-order valence-electron chi connectivity index (χ0n) is 14.6. The summed E-state index contributed by atoms with van der Waals surface area (Å²) in [6, 6.07) is 13.2. The predicted molar refractivity (Wildman–Crippen MR) is 107 cm³/mol. The van der Waals surface area contributed by atoms with E-state index in [-0.39, 0.29) is 0 Å². The van der Waals surface area contributed by atoms with E-state index in [1.807, 2.05) is 56.3 Å². The van der Waals surface area contributed by atoms with E-state index in [2.05, 4.69) is 20.6 Å². The summed E-state index contributed by atoms with van der Waals surface area (Å²) in [6.45, 7) is 4.51. The van der Waals surface area contributed by atoms with Gasteiger partial charge in [-0.15, -0.1) is 0 Å². The van der Waals surface area contributed by atoms with Gasteiger partial charge in [-0.25, -0.2) is 9.97 Å². The van der Waals surface area contributed by atoms with E-state index in [0.29, 0.717) is 29.0 Å². The van der Waals surface area contributed by atoms with Gasteiger partial charge in [0.2, 0.25) is 0 Å². The number of aromatic nitrogens is 2. The summed E-state index contributed by atoms with van der Waals surface area (Å²) >= 11 is 6.17. The molecule has 0 bridgehead atoms. The van der Waals surface area contributed by atoms with Gasteiger partial charge in [0.05, 0.1) is 6.61 Å². The summed E-state index contributed by atoms with van der Waals surface area (Å²) in [5.74, 6) is 1.85. The second kappa shape index (κ2) is 7.93. The number of nitrogens with one attached hydrogen (secondary N) is 2. The molecule has 3 rings (SSSR count). The number of nitrogen functional groups attached to an aromatic ring is 1. The van der Waals surface area contributed by atoms with E-state index < -0.39 is 0 Å². The molecule has 0 unspecified atom stereocenters. The number of nitrogens with zero attached hydrogens (tertiary/aromatic N) is 2. The maximum Gasteiger partial charge on any atom is 0.159 e. The smallest absolute Gasteiger partial charge is 0.159 e. The topological polar surface area (TPSA) is 85.1 Å². The molecule has 7 heteroatoms. The molecule has 0 spiro atoms. The van der Waals surface area contributed by atoms with E-state index in [9.17, 15) is 0 Å². The van der Waals surface area contributed by atoms with Crippen LogP contribution in [-0.4, -0.2) is 16.6 Å². The summed E-state index contributed by atoms with van der Waals surface area (Å²) in [7, 11) is 0. The number of hydrogen-bond donors (Lipinski definition) is 3. The number of nitrogens with two attached hydrogens (primary N) is 1. The molecule has 4 N–H and O–H groups in total. The summed E-state index contributed by atoms with van der Waals surface area (Å²) in [5.41, 5.74) is 9.27. The van der Waals surface area contributed by atoms with Crippen LogP contribution in [0.5, 0.6) is 5.75 Å². The van der Waals surface area contributed by atoms with Gasteiger partial charge >= 0.3 is 0 Å². The first-order valence-electron chi connectivity index (χ1n) is 8.21. The lowest BCUT2D eigenvalue weighted by atomic mass is 10.2. The Labute approximate surface area is 157 Å². The molecular formula is C19H20ClN5O. The summed E-state index contributed by atoms with van der Waals surface area (Å²) in [6.07, 6.45) is 1.45. The summed E-state index contributed by atoms with van der Waals surface area (Å²) < 4.78 is 5.44. The molecule has 6 nitrogen and oxygen atoms in total. The zero-order chi connectivity index (χ0) is 18.5. The lowest BCUT2D eigenvalue weighted by Crippen LogP contribution is -2.05. The highest BCUT2D eigenvalue weighted by Crippen LogP contribution is 2.31. The Morgan fingerprint density at radius 1 is 1.04 bits per heavy atom. The van der Waals surface area contributed by atoms with Crippen LogP contribution in [0.2, 0.25) is 5.02 Å². The van der Waals surface area contributed by atoms with E-state index in [4.69, 9.17) is 22.1 Å². The van der Waals surface area contributed by atoms with E-state index >= 15 is 0 Å². The van der Waals surface area contributed by atoms with E-state index in [0.717, 1.165) is 22.7 Å². The standard InChI is InChI=1S/C19H20ClN5O/c1-3-26-14-9-7-13(8-10-14)24-18-17(21)19(23-11-22-18)25-16-6-4-5-15(20)12(16)2/h4-11H,3,21H2,1-2H3,(H2,22,23,24,25). The van der Waals surface area contributed by atoms with Crippen molar-refractivity contribution in [1.82, 2.24) is 9.97 Å². The molecule has 26 heavy (non-hydrogen) atoms. The molecule has 0 saturated carbocycles. The van der Waals surface area contributed by atoms with Crippen molar-refractivity contribution in [3.63, 3.8) is 0 Å². The van der Waals surface area contributed by atoms with Gasteiger partial charge < -0.3 is 21.1 Å². The number of rotatable bonds is 6. The lowest BCUT2D eigenvalue weighted by molar-refractivity contribution is 0.340. The van der Waals surface area contributed by atoms with Gasteiger partial charge in [-0.3, -0.25) is 0 Å². The van der Waals surface area contributed by atoms with Crippen molar-refractivity contribution < 1.29 is 4.74 Å². The molecule has 0 amide bonds. The van der Waals surface area contributed by atoms with Crippen molar-refractivity contribution >= 4 is 40.3 Å².